The van der Waals surface area contributed by atoms with Crippen molar-refractivity contribution in [3.63, 3.8) is 0 Å². The van der Waals surface area contributed by atoms with E-state index in [1.807, 2.05) is 0 Å². The molecule has 0 saturated carbocycles. The maximum absolute atomic E-state index is 12.8. The molecule has 0 aromatic carbocycles. The summed E-state index contributed by atoms with van der Waals surface area (Å²) in [6.45, 7) is 6.78. The molecule has 0 rings (SSSR count). The van der Waals surface area contributed by atoms with E-state index in [0.717, 1.165) is 56.7 Å². The van der Waals surface area contributed by atoms with Gasteiger partial charge in [-0.3, -0.25) is 4.79 Å². The third kappa shape index (κ3) is 27.1. The molecule has 0 aliphatic rings. The second-order valence-electron chi connectivity index (χ2n) is 11.3. The van der Waals surface area contributed by atoms with Crippen LogP contribution >= 0.6 is 15.9 Å². The van der Waals surface area contributed by atoms with Crippen molar-refractivity contribution in [2.45, 2.75) is 175 Å². The molecule has 1 atom stereocenters. The highest BCUT2D eigenvalue weighted by atomic mass is 79.9. The van der Waals surface area contributed by atoms with Gasteiger partial charge < -0.3 is 4.74 Å². The summed E-state index contributed by atoms with van der Waals surface area (Å²) in [6, 6.07) is 0. The SMILES string of the molecule is CCCCC/C=C\CCCC(CCC/C=C\CCCCC)C(CC/C=C\CCCCC)OC(=O)CCCCBr. The zero-order valence-corrected chi connectivity index (χ0v) is 27.9. The Balaban J connectivity index is 5.06. The van der Waals surface area contributed by atoms with Gasteiger partial charge in [-0.2, -0.15) is 0 Å². The van der Waals surface area contributed by atoms with Crippen LogP contribution in [0.1, 0.15) is 168 Å². The largest absolute Gasteiger partial charge is 0.462 e. The van der Waals surface area contributed by atoms with Crippen LogP contribution in [0.2, 0.25) is 0 Å². The number of carbonyl (C=O) groups excluding carboxylic acids is 1. The van der Waals surface area contributed by atoms with Gasteiger partial charge in [-0.05, 0) is 109 Å². The third-order valence-corrected chi connectivity index (χ3v) is 8.07. The molecule has 0 aromatic heterocycles. The predicted molar refractivity (Wildman–Crippen MR) is 178 cm³/mol. The van der Waals surface area contributed by atoms with Gasteiger partial charge in [-0.1, -0.05) is 112 Å². The number of ether oxygens (including phenoxy) is 1. The van der Waals surface area contributed by atoms with Gasteiger partial charge in [0.25, 0.3) is 0 Å². The Bertz CT molecular complexity index is 569. The first-order valence-corrected chi connectivity index (χ1v) is 18.0. The number of halogens is 1. The number of unbranched alkanes of at least 4 members (excludes halogenated alkanes) is 12. The second-order valence-corrected chi connectivity index (χ2v) is 12.1. The summed E-state index contributed by atoms with van der Waals surface area (Å²) in [5.41, 5.74) is 0. The Morgan fingerprint density at radius 1 is 0.564 bits per heavy atom. The van der Waals surface area contributed by atoms with E-state index < -0.39 is 0 Å². The fourth-order valence-corrected chi connectivity index (χ4v) is 5.40. The number of hydrogen-bond acceptors (Lipinski definition) is 2. The van der Waals surface area contributed by atoms with Gasteiger partial charge in [0.2, 0.25) is 0 Å². The molecule has 228 valence electrons. The molecule has 0 heterocycles. The molecule has 3 heteroatoms. The normalized spacial score (nSPS) is 12.9. The van der Waals surface area contributed by atoms with Gasteiger partial charge in [0.05, 0.1) is 0 Å². The van der Waals surface area contributed by atoms with E-state index in [0.29, 0.717) is 12.3 Å². The molecule has 0 fully saturated rings. The van der Waals surface area contributed by atoms with Crippen LogP contribution in [0.15, 0.2) is 36.5 Å². The van der Waals surface area contributed by atoms with Crippen LogP contribution in [-0.4, -0.2) is 17.4 Å². The van der Waals surface area contributed by atoms with Crippen LogP contribution in [-0.2, 0) is 9.53 Å². The lowest BCUT2D eigenvalue weighted by molar-refractivity contribution is -0.152. The van der Waals surface area contributed by atoms with E-state index in [2.05, 4.69) is 73.2 Å². The molecule has 1 unspecified atom stereocenters. The lowest BCUT2D eigenvalue weighted by Crippen LogP contribution is -2.27. The van der Waals surface area contributed by atoms with E-state index in [1.54, 1.807) is 0 Å². The van der Waals surface area contributed by atoms with Crippen molar-refractivity contribution in [2.24, 2.45) is 5.92 Å². The molecule has 0 bridgehead atoms. The van der Waals surface area contributed by atoms with E-state index in [1.165, 1.54) is 89.9 Å². The summed E-state index contributed by atoms with van der Waals surface area (Å²) in [6.07, 6.45) is 40.9. The molecule has 2 nitrogen and oxygen atoms in total. The molecule has 0 saturated heterocycles. The van der Waals surface area contributed by atoms with Crippen LogP contribution in [0.25, 0.3) is 0 Å². The van der Waals surface area contributed by atoms with Crippen LogP contribution in [0.3, 0.4) is 0 Å². The fraction of sp³-hybridized carbons (Fsp3) is 0.806. The zero-order chi connectivity index (χ0) is 28.7. The monoisotopic (exact) mass is 608 g/mol. The summed E-state index contributed by atoms with van der Waals surface area (Å²) >= 11 is 3.48. The van der Waals surface area contributed by atoms with Crippen LogP contribution in [0, 0.1) is 5.92 Å². The Morgan fingerprint density at radius 2 is 1.00 bits per heavy atom. The predicted octanol–water partition coefficient (Wildman–Crippen LogP) is 12.6. The van der Waals surface area contributed by atoms with Gasteiger partial charge in [-0.15, -0.1) is 0 Å². The third-order valence-electron chi connectivity index (χ3n) is 7.51. The van der Waals surface area contributed by atoms with Crippen molar-refractivity contribution in [3.05, 3.63) is 36.5 Å². The van der Waals surface area contributed by atoms with E-state index in [9.17, 15) is 4.79 Å². The smallest absolute Gasteiger partial charge is 0.306 e. The molecule has 0 N–H and O–H groups in total. The number of hydrogen-bond donors (Lipinski definition) is 0. The Labute approximate surface area is 253 Å². The van der Waals surface area contributed by atoms with Crippen molar-refractivity contribution in [1.29, 1.82) is 0 Å². The first kappa shape index (κ1) is 38.2. The average molecular weight is 610 g/mol. The van der Waals surface area contributed by atoms with Crippen LogP contribution < -0.4 is 0 Å². The maximum atomic E-state index is 12.8. The highest BCUT2D eigenvalue weighted by Crippen LogP contribution is 2.27. The molecule has 0 aliphatic heterocycles. The van der Waals surface area contributed by atoms with Crippen molar-refractivity contribution in [2.75, 3.05) is 5.33 Å². The van der Waals surface area contributed by atoms with E-state index in [-0.39, 0.29) is 12.1 Å². The average Bonchev–Trinajstić information content (AvgIpc) is 2.93. The van der Waals surface area contributed by atoms with E-state index >= 15 is 0 Å². The van der Waals surface area contributed by atoms with Gasteiger partial charge >= 0.3 is 5.97 Å². The minimum Gasteiger partial charge on any atom is -0.462 e. The molecular weight excluding hydrogens is 544 g/mol. The highest BCUT2D eigenvalue weighted by Gasteiger charge is 2.24. The molecule has 0 spiro atoms. The lowest BCUT2D eigenvalue weighted by Gasteiger charge is -2.27. The molecule has 0 amide bonds. The highest BCUT2D eigenvalue weighted by molar-refractivity contribution is 9.09. The summed E-state index contributed by atoms with van der Waals surface area (Å²) < 4.78 is 6.23. The van der Waals surface area contributed by atoms with Crippen molar-refractivity contribution in [3.8, 4) is 0 Å². The number of rotatable bonds is 29. The number of esters is 1. The van der Waals surface area contributed by atoms with Gasteiger partial charge in [0.1, 0.15) is 6.10 Å². The van der Waals surface area contributed by atoms with Crippen LogP contribution in [0.4, 0.5) is 0 Å². The summed E-state index contributed by atoms with van der Waals surface area (Å²) in [7, 11) is 0. The van der Waals surface area contributed by atoms with Crippen molar-refractivity contribution in [1.82, 2.24) is 0 Å². The topological polar surface area (TPSA) is 26.3 Å². The van der Waals surface area contributed by atoms with E-state index in [4.69, 9.17) is 4.74 Å². The molecule has 0 aromatic rings. The van der Waals surface area contributed by atoms with Gasteiger partial charge in [0.15, 0.2) is 0 Å². The number of allylic oxidation sites excluding steroid dienone is 6. The summed E-state index contributed by atoms with van der Waals surface area (Å²) in [5, 5.41) is 0.951. The Morgan fingerprint density at radius 3 is 1.44 bits per heavy atom. The number of carbonyl (C=O) groups is 1. The maximum Gasteiger partial charge on any atom is 0.306 e. The molecule has 39 heavy (non-hydrogen) atoms. The first-order chi connectivity index (χ1) is 19.2. The summed E-state index contributed by atoms with van der Waals surface area (Å²) in [5.74, 6) is 0.463. The van der Waals surface area contributed by atoms with Gasteiger partial charge in [-0.25, -0.2) is 0 Å². The lowest BCUT2D eigenvalue weighted by atomic mass is 9.88. The minimum absolute atomic E-state index is 0.00418. The van der Waals surface area contributed by atoms with Gasteiger partial charge in [0, 0.05) is 11.8 Å². The standard InChI is InChI=1S/C36H65BrO2/c1-4-7-10-13-16-19-21-24-29-34(30-25-22-20-17-14-11-8-5-2)35(39-36(38)32-27-28-33-37)31-26-23-18-15-12-9-6-3/h16-20,23,34-35H,4-15,21-22,24-33H2,1-3H3/b19-16-,20-17-,23-18-. The molecular formula is C36H65BrO2. The second kappa shape index (κ2) is 31.7. The fourth-order valence-electron chi connectivity index (χ4n) is 5.00. The van der Waals surface area contributed by atoms with Crippen molar-refractivity contribution < 1.29 is 9.53 Å². The Kier molecular flexibility index (Phi) is 31.0. The molecule has 0 aliphatic carbocycles. The quantitative estimate of drug-likeness (QED) is 0.0365. The minimum atomic E-state index is 0.00418. The first-order valence-electron chi connectivity index (χ1n) is 16.9. The van der Waals surface area contributed by atoms with Crippen LogP contribution in [0.5, 0.6) is 0 Å². The zero-order valence-electron chi connectivity index (χ0n) is 26.3. The van der Waals surface area contributed by atoms with Crippen molar-refractivity contribution >= 4 is 21.9 Å². The Hall–Kier alpha value is -0.830. The number of alkyl halides is 1. The molecule has 0 radical (unpaired) electrons. The summed E-state index contributed by atoms with van der Waals surface area (Å²) in [4.78, 5) is 12.8.